The van der Waals surface area contributed by atoms with Gasteiger partial charge in [0, 0.05) is 6.42 Å². The number of rotatable bonds is 6. The van der Waals surface area contributed by atoms with Crippen molar-refractivity contribution in [3.8, 4) is 0 Å². The van der Waals surface area contributed by atoms with E-state index in [9.17, 15) is 4.79 Å². The van der Waals surface area contributed by atoms with Crippen LogP contribution in [-0.4, -0.2) is 11.6 Å². The smallest absolute Gasteiger partial charge is 0.240 e. The lowest BCUT2D eigenvalue weighted by atomic mass is 9.49. The first kappa shape index (κ1) is 17.8. The summed E-state index contributed by atoms with van der Waals surface area (Å²) in [6, 6.07) is 10.2. The highest BCUT2D eigenvalue weighted by Gasteiger charge is 2.51. The molecule has 0 radical (unpaired) electrons. The number of nitrogens with one attached hydrogen (secondary N) is 1. The number of amides is 1. The van der Waals surface area contributed by atoms with Gasteiger partial charge in [0.2, 0.25) is 5.91 Å². The van der Waals surface area contributed by atoms with Crippen LogP contribution in [0, 0.1) is 29.1 Å². The van der Waals surface area contributed by atoms with E-state index in [4.69, 9.17) is 0 Å². The fourth-order valence-corrected chi connectivity index (χ4v) is 6.26. The van der Waals surface area contributed by atoms with Crippen LogP contribution in [0.5, 0.6) is 0 Å². The fourth-order valence-electron chi connectivity index (χ4n) is 6.26. The molecule has 4 fully saturated rings. The Labute approximate surface area is 157 Å². The van der Waals surface area contributed by atoms with Crippen molar-refractivity contribution < 1.29 is 4.79 Å². The minimum atomic E-state index is 0.115. The predicted octanol–water partition coefficient (Wildman–Crippen LogP) is 5.16. The highest BCUT2D eigenvalue weighted by molar-refractivity contribution is 6.01. The molecule has 4 aliphatic carbocycles. The largest absolute Gasteiger partial charge is 0.273 e. The second-order valence-corrected chi connectivity index (χ2v) is 9.65. The van der Waals surface area contributed by atoms with Gasteiger partial charge in [-0.1, -0.05) is 44.2 Å². The zero-order valence-electron chi connectivity index (χ0n) is 16.2. The van der Waals surface area contributed by atoms with Gasteiger partial charge in [0.1, 0.15) is 0 Å². The van der Waals surface area contributed by atoms with E-state index in [0.717, 1.165) is 35.4 Å². The minimum Gasteiger partial charge on any atom is -0.273 e. The molecule has 1 aromatic carbocycles. The van der Waals surface area contributed by atoms with Crippen molar-refractivity contribution in [3.05, 3.63) is 35.9 Å². The van der Waals surface area contributed by atoms with E-state index in [1.165, 1.54) is 38.5 Å². The second-order valence-electron chi connectivity index (χ2n) is 9.65. The first-order valence-electron chi connectivity index (χ1n) is 10.4. The zero-order valence-corrected chi connectivity index (χ0v) is 16.2. The third-order valence-electron chi connectivity index (χ3n) is 6.72. The summed E-state index contributed by atoms with van der Waals surface area (Å²) in [7, 11) is 0. The van der Waals surface area contributed by atoms with E-state index in [0.29, 0.717) is 12.3 Å². The predicted molar refractivity (Wildman–Crippen MR) is 106 cm³/mol. The van der Waals surface area contributed by atoms with Crippen molar-refractivity contribution in [1.82, 2.24) is 5.43 Å². The first-order valence-corrected chi connectivity index (χ1v) is 10.4. The van der Waals surface area contributed by atoms with Crippen LogP contribution < -0.4 is 5.43 Å². The van der Waals surface area contributed by atoms with Gasteiger partial charge in [0.05, 0.1) is 5.71 Å². The normalized spacial score (nSPS) is 32.9. The lowest BCUT2D eigenvalue weighted by Gasteiger charge is -2.56. The van der Waals surface area contributed by atoms with Gasteiger partial charge in [-0.15, -0.1) is 0 Å². The average molecular weight is 353 g/mol. The maximum absolute atomic E-state index is 12.7. The van der Waals surface area contributed by atoms with E-state index in [2.05, 4.69) is 36.5 Å². The summed E-state index contributed by atoms with van der Waals surface area (Å²) in [6.45, 7) is 4.38. The van der Waals surface area contributed by atoms with Gasteiger partial charge in [0.25, 0.3) is 0 Å². The lowest BCUT2D eigenvalue weighted by Crippen LogP contribution is -2.47. The number of nitrogens with zero attached hydrogens (tertiary/aromatic N) is 1. The number of hydrogen-bond donors (Lipinski definition) is 1. The summed E-state index contributed by atoms with van der Waals surface area (Å²) in [5.41, 5.74) is 5.28. The molecule has 3 nitrogen and oxygen atoms in total. The van der Waals surface area contributed by atoms with E-state index < -0.39 is 0 Å². The Hall–Kier alpha value is -1.64. The van der Waals surface area contributed by atoms with Crippen LogP contribution in [0.15, 0.2) is 35.4 Å². The van der Waals surface area contributed by atoms with Crippen molar-refractivity contribution in [2.24, 2.45) is 34.2 Å². The van der Waals surface area contributed by atoms with Crippen molar-refractivity contribution in [2.45, 2.75) is 65.2 Å². The molecule has 3 heteroatoms. The minimum absolute atomic E-state index is 0.115. The Bertz CT molecular complexity index is 641. The first-order chi connectivity index (χ1) is 12.5. The summed E-state index contributed by atoms with van der Waals surface area (Å²) >= 11 is 0. The molecular weight excluding hydrogens is 320 g/mol. The van der Waals surface area contributed by atoms with Crippen molar-refractivity contribution in [1.29, 1.82) is 0 Å². The van der Waals surface area contributed by atoms with Crippen molar-refractivity contribution in [3.63, 3.8) is 0 Å². The van der Waals surface area contributed by atoms with Crippen LogP contribution in [-0.2, 0) is 4.79 Å². The summed E-state index contributed by atoms with van der Waals surface area (Å²) in [5.74, 6) is 3.29. The van der Waals surface area contributed by atoms with E-state index in [1.807, 2.05) is 18.2 Å². The Morgan fingerprint density at radius 3 is 2.19 bits per heavy atom. The number of carbonyl (C=O) groups excluding carboxylic acids is 1. The molecule has 1 aromatic rings. The van der Waals surface area contributed by atoms with Crippen molar-refractivity contribution >= 4 is 11.6 Å². The molecule has 0 saturated heterocycles. The average Bonchev–Trinajstić information content (AvgIpc) is 2.57. The topological polar surface area (TPSA) is 41.5 Å². The molecular formula is C23H32N2O. The molecule has 26 heavy (non-hydrogen) atoms. The number of carbonyl (C=O) groups is 1. The molecule has 0 aliphatic heterocycles. The fraction of sp³-hybridized carbons (Fsp3) is 0.652. The quantitative estimate of drug-likeness (QED) is 0.557. The third-order valence-corrected chi connectivity index (χ3v) is 6.72. The Morgan fingerprint density at radius 2 is 1.65 bits per heavy atom. The second kappa shape index (κ2) is 7.17. The molecule has 1 N–H and O–H groups in total. The molecule has 0 unspecified atom stereocenters. The zero-order chi connectivity index (χ0) is 18.1. The molecule has 0 heterocycles. The summed E-state index contributed by atoms with van der Waals surface area (Å²) in [4.78, 5) is 12.7. The van der Waals surface area contributed by atoms with E-state index in [-0.39, 0.29) is 11.3 Å². The molecule has 4 saturated carbocycles. The number of hydrazone groups is 1. The van der Waals surface area contributed by atoms with Crippen LogP contribution in [0.1, 0.15) is 70.8 Å². The molecule has 0 atom stereocenters. The van der Waals surface area contributed by atoms with Crippen molar-refractivity contribution in [2.75, 3.05) is 0 Å². The lowest BCUT2D eigenvalue weighted by molar-refractivity contribution is -0.129. The molecule has 4 aliphatic rings. The Morgan fingerprint density at radius 1 is 1.08 bits per heavy atom. The molecule has 1 amide bonds. The summed E-state index contributed by atoms with van der Waals surface area (Å²) in [5, 5.41) is 4.55. The van der Waals surface area contributed by atoms with Crippen LogP contribution in [0.4, 0.5) is 0 Å². The number of benzene rings is 1. The van der Waals surface area contributed by atoms with Crippen LogP contribution >= 0.6 is 0 Å². The molecule has 0 aromatic heterocycles. The highest BCUT2D eigenvalue weighted by Crippen LogP contribution is 2.61. The molecule has 0 spiro atoms. The van der Waals surface area contributed by atoms with Crippen LogP contribution in [0.3, 0.4) is 0 Å². The van der Waals surface area contributed by atoms with E-state index in [1.54, 1.807) is 0 Å². The van der Waals surface area contributed by atoms with Crippen LogP contribution in [0.25, 0.3) is 0 Å². The van der Waals surface area contributed by atoms with Gasteiger partial charge in [-0.3, -0.25) is 4.79 Å². The van der Waals surface area contributed by atoms with Gasteiger partial charge in [-0.05, 0) is 79.6 Å². The maximum Gasteiger partial charge on any atom is 0.240 e. The summed E-state index contributed by atoms with van der Waals surface area (Å²) in [6.07, 6.45) is 9.63. The molecule has 4 bridgehead atoms. The van der Waals surface area contributed by atoms with Gasteiger partial charge in [-0.25, -0.2) is 5.43 Å². The monoisotopic (exact) mass is 352 g/mol. The molecule has 5 rings (SSSR count). The molecule has 140 valence electrons. The summed E-state index contributed by atoms with van der Waals surface area (Å²) < 4.78 is 0. The van der Waals surface area contributed by atoms with Gasteiger partial charge >= 0.3 is 0 Å². The Balaban J connectivity index is 1.43. The van der Waals surface area contributed by atoms with E-state index >= 15 is 0 Å². The standard InChI is InChI=1S/C23H32N2O/c1-16(2)8-21(20-6-4-3-5-7-20)24-25-22(26)15-23-12-17-9-18(13-23)11-19(10-17)14-23/h3-7,16-19H,8-15H2,1-2H3,(H,25,26)/b24-21-. The van der Waals surface area contributed by atoms with Gasteiger partial charge in [-0.2, -0.15) is 5.10 Å². The SMILES string of the molecule is CC(C)C/C(=N/NC(=O)CC12CC3CC(CC(C3)C1)C2)c1ccccc1. The van der Waals surface area contributed by atoms with Gasteiger partial charge < -0.3 is 0 Å². The third kappa shape index (κ3) is 3.87. The van der Waals surface area contributed by atoms with Gasteiger partial charge in [0.15, 0.2) is 0 Å². The maximum atomic E-state index is 12.7. The highest BCUT2D eigenvalue weighted by atomic mass is 16.2. The van der Waals surface area contributed by atoms with Crippen LogP contribution in [0.2, 0.25) is 0 Å². The number of hydrogen-bond acceptors (Lipinski definition) is 2. The Kier molecular flexibility index (Phi) is 4.90.